The quantitative estimate of drug-likeness (QED) is 0.0567. The molecular weight excluding hydrogens is 701 g/mol. The summed E-state index contributed by atoms with van der Waals surface area (Å²) in [4.78, 5) is 73.4. The van der Waals surface area contributed by atoms with E-state index in [1.807, 2.05) is 61.5 Å². The number of H-pyrrole nitrogens is 2. The summed E-state index contributed by atoms with van der Waals surface area (Å²) < 4.78 is 0. The Bertz CT molecular complexity index is 2110. The lowest BCUT2D eigenvalue weighted by atomic mass is 10.0. The average molecular weight is 751 g/mol. The number of carboxylic acid groups (broad SMARTS) is 1. The molecule has 2 heterocycles. The van der Waals surface area contributed by atoms with Crippen molar-refractivity contribution >= 4 is 51.4 Å². The van der Waals surface area contributed by atoms with E-state index in [0.717, 1.165) is 44.2 Å². The van der Waals surface area contributed by atoms with Crippen LogP contribution >= 0.6 is 0 Å². The van der Waals surface area contributed by atoms with E-state index in [-0.39, 0.29) is 25.7 Å². The molecule has 3 aromatic carbocycles. The maximum absolute atomic E-state index is 14.2. The van der Waals surface area contributed by atoms with Crippen LogP contribution in [0.5, 0.6) is 0 Å². The Balaban J connectivity index is 1.33. The summed E-state index contributed by atoms with van der Waals surface area (Å²) in [7, 11) is 0. The molecule has 0 saturated heterocycles. The van der Waals surface area contributed by atoms with Crippen LogP contribution in [0.25, 0.3) is 21.8 Å². The third kappa shape index (κ3) is 10.6. The zero-order valence-corrected chi connectivity index (χ0v) is 31.1. The minimum atomic E-state index is -1.20. The molecule has 14 nitrogen and oxygen atoms in total. The Hall–Kier alpha value is -5.99. The van der Waals surface area contributed by atoms with Gasteiger partial charge in [-0.1, -0.05) is 66.7 Å². The van der Waals surface area contributed by atoms with E-state index in [1.54, 1.807) is 30.5 Å². The minimum Gasteiger partial charge on any atom is -0.480 e. The topological polar surface area (TPSA) is 237 Å². The van der Waals surface area contributed by atoms with Crippen molar-refractivity contribution in [3.63, 3.8) is 0 Å². The van der Waals surface area contributed by atoms with Crippen LogP contribution in [0.4, 0.5) is 0 Å². The van der Waals surface area contributed by atoms with Gasteiger partial charge in [-0.25, -0.2) is 4.79 Å². The van der Waals surface area contributed by atoms with E-state index in [4.69, 9.17) is 11.5 Å². The standard InChI is InChI=1S/C41H50N8O6/c1-24-30(29-15-7-9-17-33(29)45-24)22-31(43)38(51)46-25(2)37(50)48-36(21-27-23-44-32-16-8-6-14-28(27)32)40(53)49-35(20-26-12-4-3-5-13-26)39(52)47-34(41(54)55)18-10-11-19-42/h3-9,12-17,23,25,31,34-36,44-45H,10-11,18-22,42-43H2,1-2H3,(H,46,51)(H,47,52)(H,48,50)(H,49,53)(H,54,55)/t25-,31+,34-,35+,36-/m0/s1. The number of para-hydroxylation sites is 2. The first-order chi connectivity index (χ1) is 26.4. The van der Waals surface area contributed by atoms with Gasteiger partial charge in [-0.2, -0.15) is 0 Å². The summed E-state index contributed by atoms with van der Waals surface area (Å²) in [6.45, 7) is 3.80. The highest BCUT2D eigenvalue weighted by atomic mass is 16.4. The van der Waals surface area contributed by atoms with Crippen molar-refractivity contribution in [1.82, 2.24) is 31.2 Å². The normalized spacial score (nSPS) is 14.0. The molecule has 0 bridgehead atoms. The minimum absolute atomic E-state index is 0.0398. The van der Waals surface area contributed by atoms with Gasteiger partial charge in [0, 0.05) is 46.5 Å². The number of nitrogens with two attached hydrogens (primary N) is 2. The third-order valence-electron chi connectivity index (χ3n) is 9.75. The van der Waals surface area contributed by atoms with Gasteiger partial charge in [0.15, 0.2) is 0 Å². The predicted molar refractivity (Wildman–Crippen MR) is 211 cm³/mol. The SMILES string of the molecule is Cc1[nH]c2ccccc2c1C[C@@H](N)C(=O)N[C@@H](C)C(=O)N[C@@H](Cc1c[nH]c2ccccc12)C(=O)N[C@H](Cc1ccccc1)C(=O)N[C@@H](CCCCN)C(=O)O. The number of unbranched alkanes of at least 4 members (excludes halogenated alkanes) is 1. The van der Waals surface area contributed by atoms with E-state index in [2.05, 4.69) is 31.2 Å². The van der Waals surface area contributed by atoms with Crippen LogP contribution in [0.3, 0.4) is 0 Å². The fraction of sp³-hybridized carbons (Fsp3) is 0.341. The van der Waals surface area contributed by atoms with Gasteiger partial charge in [-0.15, -0.1) is 0 Å². The summed E-state index contributed by atoms with van der Waals surface area (Å²) >= 11 is 0. The van der Waals surface area contributed by atoms with Crippen molar-refractivity contribution < 1.29 is 29.1 Å². The number of rotatable bonds is 19. The van der Waals surface area contributed by atoms with Crippen molar-refractivity contribution in [3.8, 4) is 0 Å². The number of amides is 4. The Morgan fingerprint density at radius 3 is 1.98 bits per heavy atom. The van der Waals surface area contributed by atoms with Crippen LogP contribution in [-0.4, -0.2) is 81.4 Å². The molecule has 4 amide bonds. The molecule has 0 aliphatic heterocycles. The highest BCUT2D eigenvalue weighted by Gasteiger charge is 2.32. The maximum Gasteiger partial charge on any atom is 0.326 e. The zero-order chi connectivity index (χ0) is 39.5. The number of nitrogens with one attached hydrogen (secondary N) is 6. The highest BCUT2D eigenvalue weighted by molar-refractivity contribution is 5.96. The monoisotopic (exact) mass is 750 g/mol. The van der Waals surface area contributed by atoms with Crippen LogP contribution in [0.1, 0.15) is 48.6 Å². The van der Waals surface area contributed by atoms with Crippen molar-refractivity contribution in [3.05, 3.63) is 107 Å². The molecule has 0 aliphatic rings. The van der Waals surface area contributed by atoms with Gasteiger partial charge in [0.2, 0.25) is 23.6 Å². The second kappa shape index (κ2) is 18.9. The number of hydrogen-bond donors (Lipinski definition) is 9. The number of fused-ring (bicyclic) bond motifs is 2. The molecule has 5 rings (SSSR count). The number of aromatic nitrogens is 2. The Morgan fingerprint density at radius 1 is 0.691 bits per heavy atom. The molecule has 0 saturated carbocycles. The first-order valence-electron chi connectivity index (χ1n) is 18.5. The molecule has 0 unspecified atom stereocenters. The van der Waals surface area contributed by atoms with Gasteiger partial charge in [0.25, 0.3) is 0 Å². The summed E-state index contributed by atoms with van der Waals surface area (Å²) in [5, 5.41) is 22.5. The van der Waals surface area contributed by atoms with Crippen molar-refractivity contribution in [1.29, 1.82) is 0 Å². The lowest BCUT2D eigenvalue weighted by Crippen LogP contribution is -2.59. The number of hydrogen-bond acceptors (Lipinski definition) is 7. The summed E-state index contributed by atoms with van der Waals surface area (Å²) in [5.41, 5.74) is 16.9. The summed E-state index contributed by atoms with van der Waals surface area (Å²) in [6.07, 6.45) is 3.33. The second-order valence-electron chi connectivity index (χ2n) is 13.9. The van der Waals surface area contributed by atoms with E-state index in [9.17, 15) is 29.1 Å². The molecule has 14 heteroatoms. The second-order valence-corrected chi connectivity index (χ2v) is 13.9. The van der Waals surface area contributed by atoms with Crippen LogP contribution in [0.15, 0.2) is 85.1 Å². The fourth-order valence-electron chi connectivity index (χ4n) is 6.68. The number of carbonyl (C=O) groups is 5. The van der Waals surface area contributed by atoms with Crippen LogP contribution in [0.2, 0.25) is 0 Å². The number of benzene rings is 3. The van der Waals surface area contributed by atoms with Crippen molar-refractivity contribution in [2.75, 3.05) is 6.54 Å². The van der Waals surface area contributed by atoms with Crippen molar-refractivity contribution in [2.24, 2.45) is 11.5 Å². The van der Waals surface area contributed by atoms with E-state index in [1.165, 1.54) is 6.92 Å². The first-order valence-corrected chi connectivity index (χ1v) is 18.5. The maximum atomic E-state index is 14.2. The highest BCUT2D eigenvalue weighted by Crippen LogP contribution is 2.23. The van der Waals surface area contributed by atoms with Gasteiger partial charge in [0.05, 0.1) is 6.04 Å². The van der Waals surface area contributed by atoms with E-state index in [0.29, 0.717) is 19.4 Å². The molecule has 0 fully saturated rings. The van der Waals surface area contributed by atoms with Crippen molar-refractivity contribution in [2.45, 2.75) is 82.6 Å². The number of aryl methyl sites for hydroxylation is 1. The first kappa shape index (κ1) is 40.2. The Labute approximate surface area is 319 Å². The van der Waals surface area contributed by atoms with E-state index < -0.39 is 59.8 Å². The lowest BCUT2D eigenvalue weighted by molar-refractivity contribution is -0.142. The van der Waals surface area contributed by atoms with Gasteiger partial charge < -0.3 is 47.8 Å². The summed E-state index contributed by atoms with van der Waals surface area (Å²) in [6, 6.07) is 18.6. The Morgan fingerprint density at radius 2 is 1.29 bits per heavy atom. The van der Waals surface area contributed by atoms with Gasteiger partial charge in [-0.05, 0) is 74.9 Å². The number of aromatic amines is 2. The predicted octanol–water partition coefficient (Wildman–Crippen LogP) is 2.49. The smallest absolute Gasteiger partial charge is 0.326 e. The molecular formula is C41H50N8O6. The Kier molecular flexibility index (Phi) is 13.8. The zero-order valence-electron chi connectivity index (χ0n) is 31.1. The lowest BCUT2D eigenvalue weighted by Gasteiger charge is -2.26. The van der Waals surface area contributed by atoms with Gasteiger partial charge in [-0.3, -0.25) is 19.2 Å². The average Bonchev–Trinajstić information content (AvgIpc) is 3.73. The molecule has 5 aromatic rings. The number of aliphatic carboxylic acids is 1. The van der Waals surface area contributed by atoms with E-state index >= 15 is 0 Å². The van der Waals surface area contributed by atoms with Crippen LogP contribution < -0.4 is 32.7 Å². The molecule has 11 N–H and O–H groups in total. The molecule has 0 spiro atoms. The molecule has 5 atom stereocenters. The molecule has 290 valence electrons. The third-order valence-corrected chi connectivity index (χ3v) is 9.75. The summed E-state index contributed by atoms with van der Waals surface area (Å²) in [5.74, 6) is -3.74. The fourth-order valence-corrected chi connectivity index (χ4v) is 6.68. The largest absolute Gasteiger partial charge is 0.480 e. The van der Waals surface area contributed by atoms with Crippen LogP contribution in [-0.2, 0) is 43.2 Å². The number of carbonyl (C=O) groups excluding carboxylic acids is 4. The molecule has 0 aliphatic carbocycles. The molecule has 55 heavy (non-hydrogen) atoms. The van der Waals surface area contributed by atoms with Crippen LogP contribution in [0, 0.1) is 6.92 Å². The van der Waals surface area contributed by atoms with Gasteiger partial charge in [0.1, 0.15) is 24.2 Å². The number of carboxylic acids is 1. The van der Waals surface area contributed by atoms with Gasteiger partial charge >= 0.3 is 5.97 Å². The molecule has 0 radical (unpaired) electrons. The molecule has 2 aromatic heterocycles.